The van der Waals surface area contributed by atoms with Gasteiger partial charge in [-0.1, -0.05) is 20.8 Å². The molecule has 0 spiro atoms. The normalized spacial score (nSPS) is 11.6. The summed E-state index contributed by atoms with van der Waals surface area (Å²) in [4.78, 5) is 11.9. The maximum atomic E-state index is 11.7. The fraction of sp³-hybridized carbons (Fsp3) is 0.500. The van der Waals surface area contributed by atoms with Gasteiger partial charge in [0.25, 0.3) is 0 Å². The summed E-state index contributed by atoms with van der Waals surface area (Å²) in [6.07, 6.45) is 0.382. The summed E-state index contributed by atoms with van der Waals surface area (Å²) >= 11 is 0. The second kappa shape index (κ2) is 7.40. The molecule has 1 aromatic rings. The van der Waals surface area contributed by atoms with Crippen LogP contribution in [0.5, 0.6) is 0 Å². The van der Waals surface area contributed by atoms with Crippen LogP contribution < -0.4 is 10.6 Å². The molecule has 2 N–H and O–H groups in total. The number of amides is 1. The van der Waals surface area contributed by atoms with Gasteiger partial charge in [0.15, 0.2) is 9.84 Å². The van der Waals surface area contributed by atoms with Crippen molar-refractivity contribution in [2.75, 3.05) is 17.6 Å². The molecule has 5 nitrogen and oxygen atoms in total. The van der Waals surface area contributed by atoms with Crippen molar-refractivity contribution in [3.8, 4) is 0 Å². The van der Waals surface area contributed by atoms with Crippen LogP contribution in [0.25, 0.3) is 0 Å². The van der Waals surface area contributed by atoms with Crippen molar-refractivity contribution in [1.29, 1.82) is 0 Å². The van der Waals surface area contributed by atoms with E-state index in [9.17, 15) is 13.2 Å². The lowest BCUT2D eigenvalue weighted by Gasteiger charge is -2.09. The minimum atomic E-state index is -3.19. The van der Waals surface area contributed by atoms with Gasteiger partial charge in [-0.2, -0.15) is 0 Å². The molecule has 0 heterocycles. The zero-order valence-electron chi connectivity index (χ0n) is 12.1. The fourth-order valence-corrected chi connectivity index (χ4v) is 2.49. The number of sulfone groups is 1. The molecule has 0 aliphatic carbocycles. The maximum Gasteiger partial charge on any atom is 0.225 e. The molecule has 1 rings (SSSR count). The molecule has 0 unspecified atom stereocenters. The first-order valence-electron chi connectivity index (χ1n) is 6.71. The van der Waals surface area contributed by atoms with Crippen LogP contribution in [0.3, 0.4) is 0 Å². The summed E-state index contributed by atoms with van der Waals surface area (Å²) in [6.45, 7) is 6.26. The molecule has 0 aliphatic heterocycles. The molecule has 0 bridgehead atoms. The third kappa shape index (κ3) is 5.30. The van der Waals surface area contributed by atoms with Crippen LogP contribution in [0.1, 0.15) is 27.2 Å². The van der Waals surface area contributed by atoms with E-state index in [0.29, 0.717) is 24.7 Å². The van der Waals surface area contributed by atoms with E-state index in [1.807, 2.05) is 13.8 Å². The van der Waals surface area contributed by atoms with Crippen LogP contribution in [0.2, 0.25) is 0 Å². The van der Waals surface area contributed by atoms with Gasteiger partial charge >= 0.3 is 0 Å². The number of anilines is 1. The van der Waals surface area contributed by atoms with Gasteiger partial charge in [0, 0.05) is 24.7 Å². The molecule has 0 aromatic heterocycles. The summed E-state index contributed by atoms with van der Waals surface area (Å²) in [6, 6.07) is 6.59. The highest BCUT2D eigenvalue weighted by Gasteiger charge is 2.11. The van der Waals surface area contributed by atoms with Gasteiger partial charge in [0.1, 0.15) is 0 Å². The van der Waals surface area contributed by atoms with Crippen molar-refractivity contribution in [1.82, 2.24) is 5.32 Å². The fourth-order valence-electron chi connectivity index (χ4n) is 1.61. The van der Waals surface area contributed by atoms with E-state index in [4.69, 9.17) is 0 Å². The summed E-state index contributed by atoms with van der Waals surface area (Å²) in [7, 11) is -3.19. The quantitative estimate of drug-likeness (QED) is 0.805. The molecule has 1 aromatic carbocycles. The molecular formula is C14H22N2O3S. The van der Waals surface area contributed by atoms with Gasteiger partial charge in [0.2, 0.25) is 5.91 Å². The number of rotatable bonds is 7. The standard InChI is InChI=1S/C14H22N2O3S/c1-4-20(18,19)13-7-5-12(6-8-13)16-14(17)9-10-15-11(2)3/h5-8,11,15H,4,9-10H2,1-3H3,(H,16,17). The largest absolute Gasteiger partial charge is 0.326 e. The monoisotopic (exact) mass is 298 g/mol. The topological polar surface area (TPSA) is 75.3 Å². The van der Waals surface area contributed by atoms with Crippen LogP contribution >= 0.6 is 0 Å². The zero-order chi connectivity index (χ0) is 15.2. The molecule has 0 saturated carbocycles. The van der Waals surface area contributed by atoms with Gasteiger partial charge < -0.3 is 10.6 Å². The molecule has 20 heavy (non-hydrogen) atoms. The molecule has 1 amide bonds. The van der Waals surface area contributed by atoms with Crippen LogP contribution in [-0.2, 0) is 14.6 Å². The Morgan fingerprint density at radius 1 is 1.20 bits per heavy atom. The Hall–Kier alpha value is -1.40. The molecule has 0 atom stereocenters. The van der Waals surface area contributed by atoms with Gasteiger partial charge in [-0.25, -0.2) is 8.42 Å². The molecule has 112 valence electrons. The van der Waals surface area contributed by atoms with E-state index in [1.54, 1.807) is 19.1 Å². The molecule has 6 heteroatoms. The zero-order valence-corrected chi connectivity index (χ0v) is 13.0. The lowest BCUT2D eigenvalue weighted by molar-refractivity contribution is -0.116. The van der Waals surface area contributed by atoms with E-state index in [0.717, 1.165) is 0 Å². The van der Waals surface area contributed by atoms with E-state index >= 15 is 0 Å². The number of benzene rings is 1. The Labute approximate surface area is 120 Å². The highest BCUT2D eigenvalue weighted by Crippen LogP contribution is 2.15. The Kier molecular flexibility index (Phi) is 6.16. The highest BCUT2D eigenvalue weighted by atomic mass is 32.2. The first kappa shape index (κ1) is 16.7. The smallest absolute Gasteiger partial charge is 0.225 e. The van der Waals surface area contributed by atoms with E-state index in [1.165, 1.54) is 12.1 Å². The molecule has 0 aliphatic rings. The minimum Gasteiger partial charge on any atom is -0.326 e. The van der Waals surface area contributed by atoms with Crippen LogP contribution in [-0.4, -0.2) is 32.7 Å². The Bertz CT molecular complexity index is 536. The van der Waals surface area contributed by atoms with Gasteiger partial charge in [0.05, 0.1) is 10.6 Å². The molecule has 0 saturated heterocycles. The van der Waals surface area contributed by atoms with E-state index in [-0.39, 0.29) is 16.6 Å². The summed E-state index contributed by atoms with van der Waals surface area (Å²) in [5.41, 5.74) is 0.606. The van der Waals surface area contributed by atoms with E-state index < -0.39 is 9.84 Å². The Morgan fingerprint density at radius 2 is 1.80 bits per heavy atom. The summed E-state index contributed by atoms with van der Waals surface area (Å²) in [5, 5.41) is 5.90. The summed E-state index contributed by atoms with van der Waals surface area (Å²) in [5.74, 6) is -0.0243. The van der Waals surface area contributed by atoms with Crippen molar-refractivity contribution in [2.45, 2.75) is 38.1 Å². The number of nitrogens with one attached hydrogen (secondary N) is 2. The lowest BCUT2D eigenvalue weighted by atomic mass is 10.3. The first-order chi connectivity index (χ1) is 9.35. The third-order valence-electron chi connectivity index (χ3n) is 2.78. The van der Waals surface area contributed by atoms with Gasteiger partial charge in [-0.15, -0.1) is 0 Å². The van der Waals surface area contributed by atoms with Crippen LogP contribution in [0.4, 0.5) is 5.69 Å². The molecule has 0 radical (unpaired) electrons. The van der Waals surface area contributed by atoms with Crippen molar-refractivity contribution >= 4 is 21.4 Å². The molecular weight excluding hydrogens is 276 g/mol. The second-order valence-electron chi connectivity index (χ2n) is 4.83. The Morgan fingerprint density at radius 3 is 2.30 bits per heavy atom. The average molecular weight is 298 g/mol. The molecule has 0 fully saturated rings. The van der Waals surface area contributed by atoms with Gasteiger partial charge in [-0.05, 0) is 24.3 Å². The SMILES string of the molecule is CCS(=O)(=O)c1ccc(NC(=O)CCNC(C)C)cc1. The maximum absolute atomic E-state index is 11.7. The highest BCUT2D eigenvalue weighted by molar-refractivity contribution is 7.91. The van der Waals surface area contributed by atoms with Gasteiger partial charge in [-0.3, -0.25) is 4.79 Å². The number of hydrogen-bond acceptors (Lipinski definition) is 4. The third-order valence-corrected chi connectivity index (χ3v) is 4.53. The second-order valence-corrected chi connectivity index (χ2v) is 7.11. The van der Waals surface area contributed by atoms with Crippen molar-refractivity contribution < 1.29 is 13.2 Å². The van der Waals surface area contributed by atoms with Crippen molar-refractivity contribution in [2.24, 2.45) is 0 Å². The number of hydrogen-bond donors (Lipinski definition) is 2. The minimum absolute atomic E-state index is 0.0690. The van der Waals surface area contributed by atoms with E-state index in [2.05, 4.69) is 10.6 Å². The van der Waals surface area contributed by atoms with Crippen LogP contribution in [0.15, 0.2) is 29.2 Å². The summed E-state index contributed by atoms with van der Waals surface area (Å²) < 4.78 is 23.3. The average Bonchev–Trinajstić information content (AvgIpc) is 2.39. The van der Waals surface area contributed by atoms with Crippen molar-refractivity contribution in [3.63, 3.8) is 0 Å². The van der Waals surface area contributed by atoms with Crippen molar-refractivity contribution in [3.05, 3.63) is 24.3 Å². The Balaban J connectivity index is 2.56. The van der Waals surface area contributed by atoms with Crippen LogP contribution in [0, 0.1) is 0 Å². The predicted molar refractivity (Wildman–Crippen MR) is 80.6 cm³/mol. The number of carbonyl (C=O) groups excluding carboxylic acids is 1. The first-order valence-corrected chi connectivity index (χ1v) is 8.36. The number of carbonyl (C=O) groups is 1. The lowest BCUT2D eigenvalue weighted by Crippen LogP contribution is -2.27. The predicted octanol–water partition coefficient (Wildman–Crippen LogP) is 1.81.